The van der Waals surface area contributed by atoms with Crippen molar-refractivity contribution in [2.24, 2.45) is 0 Å². The average Bonchev–Trinajstić information content (AvgIpc) is 3.45. The Kier molecular flexibility index (Phi) is 65.6. The Labute approximate surface area is 492 Å². The van der Waals surface area contributed by atoms with Crippen molar-refractivity contribution in [2.75, 3.05) is 13.2 Å². The molecule has 79 heavy (non-hydrogen) atoms. The van der Waals surface area contributed by atoms with Crippen LogP contribution in [0.4, 0.5) is 0 Å². The first-order chi connectivity index (χ1) is 39.0. The van der Waals surface area contributed by atoms with E-state index in [9.17, 15) is 14.4 Å². The molecule has 0 rings (SSSR count). The van der Waals surface area contributed by atoms with Crippen LogP contribution in [-0.4, -0.2) is 37.2 Å². The third kappa shape index (κ3) is 66.1. The summed E-state index contributed by atoms with van der Waals surface area (Å²) in [4.78, 5) is 38.2. The lowest BCUT2D eigenvalue weighted by molar-refractivity contribution is -0.167. The SMILES string of the molecule is CC/C=C\C/C=C\C/C=C\C/C=C\CCCCCCCCCCCCCCCCCCCCCCCCC(=O)OCC(COC(=O)CCCCCCCCCCCC)OC(=O)CCCCCCCCCCCCCCCCCC. The number of esters is 3. The fourth-order valence-corrected chi connectivity index (χ4v) is 10.6. The molecule has 0 fully saturated rings. The fourth-order valence-electron chi connectivity index (χ4n) is 10.6. The lowest BCUT2D eigenvalue weighted by Crippen LogP contribution is -2.30. The smallest absolute Gasteiger partial charge is 0.306 e. The maximum absolute atomic E-state index is 12.9. The molecule has 6 nitrogen and oxygen atoms in total. The molecule has 0 saturated carbocycles. The van der Waals surface area contributed by atoms with Crippen LogP contribution in [0, 0.1) is 0 Å². The van der Waals surface area contributed by atoms with Crippen LogP contribution in [0.5, 0.6) is 0 Å². The van der Waals surface area contributed by atoms with E-state index in [0.717, 1.165) is 83.5 Å². The number of ether oxygens (including phenoxy) is 3. The van der Waals surface area contributed by atoms with Crippen LogP contribution in [0.15, 0.2) is 48.6 Å². The highest BCUT2D eigenvalue weighted by molar-refractivity contribution is 5.71. The molecule has 0 aliphatic heterocycles. The maximum atomic E-state index is 12.9. The Balaban J connectivity index is 4.00. The molecule has 0 heterocycles. The van der Waals surface area contributed by atoms with Crippen LogP contribution in [-0.2, 0) is 28.6 Å². The minimum atomic E-state index is -0.766. The predicted octanol–water partition coefficient (Wildman–Crippen LogP) is 24.1. The zero-order valence-corrected chi connectivity index (χ0v) is 53.2. The molecule has 0 bridgehead atoms. The Bertz CT molecular complexity index is 1360. The van der Waals surface area contributed by atoms with Gasteiger partial charge in [-0.15, -0.1) is 0 Å². The van der Waals surface area contributed by atoms with Gasteiger partial charge in [-0.2, -0.15) is 0 Å². The van der Waals surface area contributed by atoms with Gasteiger partial charge in [0.1, 0.15) is 13.2 Å². The third-order valence-electron chi connectivity index (χ3n) is 15.8. The van der Waals surface area contributed by atoms with E-state index in [1.165, 1.54) is 257 Å². The van der Waals surface area contributed by atoms with Gasteiger partial charge in [-0.3, -0.25) is 14.4 Å². The number of carbonyl (C=O) groups is 3. The van der Waals surface area contributed by atoms with E-state index >= 15 is 0 Å². The fraction of sp³-hybridized carbons (Fsp3) is 0.849. The van der Waals surface area contributed by atoms with Crippen molar-refractivity contribution >= 4 is 17.9 Å². The standard InChI is InChI=1S/C73H134O6/c1-4-7-10-13-16-19-22-24-26-28-29-30-31-32-33-34-35-36-37-38-39-40-41-42-43-44-45-46-48-49-51-54-57-60-63-66-72(75)78-69-70(68-77-71(74)65-62-59-56-53-21-18-15-12-9-6-3)79-73(76)67-64-61-58-55-52-50-47-27-25-23-20-17-14-11-8-5-2/h7,10,16,19,24,26,29-30,70H,4-6,8-9,11-15,17-18,20-23,25,27-28,31-69H2,1-3H3/b10-7-,19-16-,26-24-,30-29-. The largest absolute Gasteiger partial charge is 0.462 e. The molecular formula is C73H134O6. The van der Waals surface area contributed by atoms with Crippen LogP contribution in [0.2, 0.25) is 0 Å². The molecule has 462 valence electrons. The second-order valence-electron chi connectivity index (χ2n) is 23.8. The summed E-state index contributed by atoms with van der Waals surface area (Å²) in [5.41, 5.74) is 0. The quantitative estimate of drug-likeness (QED) is 0.0261. The highest BCUT2D eigenvalue weighted by Crippen LogP contribution is 2.19. The molecular weight excluding hydrogens is 973 g/mol. The minimum absolute atomic E-state index is 0.0646. The first-order valence-corrected chi connectivity index (χ1v) is 35.1. The van der Waals surface area contributed by atoms with Gasteiger partial charge < -0.3 is 14.2 Å². The molecule has 0 saturated heterocycles. The van der Waals surface area contributed by atoms with Crippen molar-refractivity contribution in [3.63, 3.8) is 0 Å². The van der Waals surface area contributed by atoms with E-state index in [-0.39, 0.29) is 31.1 Å². The molecule has 0 aromatic rings. The number of hydrogen-bond acceptors (Lipinski definition) is 6. The van der Waals surface area contributed by atoms with E-state index in [1.807, 2.05) is 0 Å². The summed E-state index contributed by atoms with van der Waals surface area (Å²) in [7, 11) is 0. The van der Waals surface area contributed by atoms with Crippen molar-refractivity contribution in [1.29, 1.82) is 0 Å². The number of carbonyl (C=O) groups excluding carboxylic acids is 3. The molecule has 0 aromatic heterocycles. The summed E-state index contributed by atoms with van der Waals surface area (Å²) in [5.74, 6) is -0.837. The number of unbranched alkanes of at least 4 members (excludes halogenated alkanes) is 46. The molecule has 0 aliphatic rings. The molecule has 0 N–H and O–H groups in total. The summed E-state index contributed by atoms with van der Waals surface area (Å²) in [6.07, 6.45) is 85.9. The molecule has 6 heteroatoms. The van der Waals surface area contributed by atoms with E-state index in [4.69, 9.17) is 14.2 Å². The summed E-state index contributed by atoms with van der Waals surface area (Å²) < 4.78 is 16.9. The van der Waals surface area contributed by atoms with Crippen LogP contribution >= 0.6 is 0 Å². The first-order valence-electron chi connectivity index (χ1n) is 35.1. The lowest BCUT2D eigenvalue weighted by Gasteiger charge is -2.18. The summed E-state index contributed by atoms with van der Waals surface area (Å²) in [6.45, 7) is 6.58. The van der Waals surface area contributed by atoms with Crippen LogP contribution in [0.3, 0.4) is 0 Å². The van der Waals surface area contributed by atoms with Crippen molar-refractivity contribution in [3.8, 4) is 0 Å². The second-order valence-corrected chi connectivity index (χ2v) is 23.8. The highest BCUT2D eigenvalue weighted by atomic mass is 16.6. The average molecular weight is 1110 g/mol. The summed E-state index contributed by atoms with van der Waals surface area (Å²) >= 11 is 0. The Morgan fingerprint density at radius 1 is 0.266 bits per heavy atom. The third-order valence-corrected chi connectivity index (χ3v) is 15.8. The Hall–Kier alpha value is -2.63. The zero-order chi connectivity index (χ0) is 57.1. The number of allylic oxidation sites excluding steroid dienone is 8. The van der Waals surface area contributed by atoms with Crippen LogP contribution < -0.4 is 0 Å². The van der Waals surface area contributed by atoms with Gasteiger partial charge in [-0.1, -0.05) is 352 Å². The molecule has 0 spiro atoms. The second kappa shape index (κ2) is 67.9. The van der Waals surface area contributed by atoms with Crippen LogP contribution in [0.25, 0.3) is 0 Å². The van der Waals surface area contributed by atoms with Crippen molar-refractivity contribution < 1.29 is 28.6 Å². The number of hydrogen-bond donors (Lipinski definition) is 0. The number of rotatable bonds is 65. The maximum Gasteiger partial charge on any atom is 0.306 e. The van der Waals surface area contributed by atoms with Gasteiger partial charge >= 0.3 is 17.9 Å². The van der Waals surface area contributed by atoms with E-state index < -0.39 is 6.10 Å². The van der Waals surface area contributed by atoms with Gasteiger partial charge in [0.05, 0.1) is 0 Å². The molecule has 1 unspecified atom stereocenters. The Morgan fingerprint density at radius 2 is 0.494 bits per heavy atom. The summed E-state index contributed by atoms with van der Waals surface area (Å²) in [5, 5.41) is 0. The van der Waals surface area contributed by atoms with Gasteiger partial charge in [-0.05, 0) is 57.8 Å². The molecule has 1 atom stereocenters. The minimum Gasteiger partial charge on any atom is -0.462 e. The van der Waals surface area contributed by atoms with E-state index in [2.05, 4.69) is 69.4 Å². The Morgan fingerprint density at radius 3 is 0.772 bits per heavy atom. The van der Waals surface area contributed by atoms with Crippen molar-refractivity contribution in [3.05, 3.63) is 48.6 Å². The van der Waals surface area contributed by atoms with Gasteiger partial charge in [0.25, 0.3) is 0 Å². The van der Waals surface area contributed by atoms with Gasteiger partial charge in [0, 0.05) is 19.3 Å². The highest BCUT2D eigenvalue weighted by Gasteiger charge is 2.19. The lowest BCUT2D eigenvalue weighted by atomic mass is 10.0. The predicted molar refractivity (Wildman–Crippen MR) is 344 cm³/mol. The molecule has 0 aliphatic carbocycles. The van der Waals surface area contributed by atoms with Gasteiger partial charge in [0.2, 0.25) is 0 Å². The van der Waals surface area contributed by atoms with E-state index in [1.54, 1.807) is 0 Å². The topological polar surface area (TPSA) is 78.9 Å². The van der Waals surface area contributed by atoms with Crippen molar-refractivity contribution in [1.82, 2.24) is 0 Å². The normalized spacial score (nSPS) is 12.3. The molecule has 0 radical (unpaired) electrons. The van der Waals surface area contributed by atoms with Crippen LogP contribution in [0.1, 0.15) is 380 Å². The van der Waals surface area contributed by atoms with Crippen molar-refractivity contribution in [2.45, 2.75) is 386 Å². The van der Waals surface area contributed by atoms with E-state index in [0.29, 0.717) is 19.3 Å². The zero-order valence-electron chi connectivity index (χ0n) is 53.2. The first kappa shape index (κ1) is 76.4. The summed E-state index contributed by atoms with van der Waals surface area (Å²) in [6, 6.07) is 0. The molecule has 0 aromatic carbocycles. The monoisotopic (exact) mass is 1110 g/mol. The van der Waals surface area contributed by atoms with Gasteiger partial charge in [0.15, 0.2) is 6.10 Å². The molecule has 0 amide bonds. The van der Waals surface area contributed by atoms with Gasteiger partial charge in [-0.25, -0.2) is 0 Å².